The predicted molar refractivity (Wildman–Crippen MR) is 96.8 cm³/mol. The highest BCUT2D eigenvalue weighted by Gasteiger charge is 2.24. The van der Waals surface area contributed by atoms with Gasteiger partial charge in [-0.25, -0.2) is 4.79 Å². The van der Waals surface area contributed by atoms with Crippen molar-refractivity contribution in [3.05, 3.63) is 64.2 Å². The van der Waals surface area contributed by atoms with Gasteiger partial charge in [0.25, 0.3) is 15.8 Å². The van der Waals surface area contributed by atoms with Crippen LogP contribution >= 0.6 is 0 Å². The number of carbonyl (C=O) groups excluding carboxylic acids is 2. The van der Waals surface area contributed by atoms with Gasteiger partial charge in [-0.15, -0.1) is 0 Å². The highest BCUT2D eigenvalue weighted by molar-refractivity contribution is 7.85. The largest absolute Gasteiger partial charge is 0.464 e. The number of benzene rings is 2. The summed E-state index contributed by atoms with van der Waals surface area (Å²) in [5.74, 6) is -2.00. The molecule has 0 radical (unpaired) electrons. The van der Waals surface area contributed by atoms with E-state index >= 15 is 0 Å². The fourth-order valence-corrected chi connectivity index (χ4v) is 2.49. The minimum atomic E-state index is -4.38. The number of ketones is 1. The van der Waals surface area contributed by atoms with E-state index in [4.69, 9.17) is 4.55 Å². The zero-order valence-electron chi connectivity index (χ0n) is 14.2. The molecule has 0 aromatic heterocycles. The quantitative estimate of drug-likeness (QED) is 0.132. The van der Waals surface area contributed by atoms with E-state index in [1.807, 2.05) is 0 Å². The topological polar surface area (TPSA) is 165 Å². The zero-order valence-corrected chi connectivity index (χ0v) is 15.0. The maximum absolute atomic E-state index is 12.5. The Labute approximate surface area is 158 Å². The van der Waals surface area contributed by atoms with E-state index in [9.17, 15) is 28.1 Å². The maximum atomic E-state index is 12.5. The monoisotopic (exact) mass is 407 g/mol. The smallest absolute Gasteiger partial charge is 0.362 e. The molecule has 0 atom stereocenters. The van der Waals surface area contributed by atoms with E-state index in [0.717, 1.165) is 25.3 Å². The van der Waals surface area contributed by atoms with Crippen molar-refractivity contribution in [2.45, 2.75) is 4.90 Å². The van der Waals surface area contributed by atoms with Crippen molar-refractivity contribution in [3.63, 3.8) is 0 Å². The molecule has 0 saturated carbocycles. The van der Waals surface area contributed by atoms with E-state index in [2.05, 4.69) is 15.3 Å². The number of non-ortho nitro benzene ring substituents is 1. The average Bonchev–Trinajstić information content (AvgIpc) is 2.67. The molecule has 0 aliphatic heterocycles. The first kappa shape index (κ1) is 20.7. The van der Waals surface area contributed by atoms with Gasteiger partial charge in [-0.3, -0.25) is 24.9 Å². The predicted octanol–water partition coefficient (Wildman–Crippen LogP) is 1.67. The second kappa shape index (κ2) is 8.37. The summed E-state index contributed by atoms with van der Waals surface area (Å²) in [4.78, 5) is 34.2. The molecule has 28 heavy (non-hydrogen) atoms. The second-order valence-electron chi connectivity index (χ2n) is 5.20. The summed E-state index contributed by atoms with van der Waals surface area (Å²) < 4.78 is 35.5. The number of Topliss-reactive ketones (excluding diaryl/α,β-unsaturated/α-hetero) is 1. The van der Waals surface area contributed by atoms with Crippen molar-refractivity contribution in [2.24, 2.45) is 5.10 Å². The molecule has 0 saturated heterocycles. The molecule has 0 amide bonds. The van der Waals surface area contributed by atoms with Crippen LogP contribution in [-0.2, 0) is 19.6 Å². The number of nitro groups is 1. The lowest BCUT2D eigenvalue weighted by molar-refractivity contribution is -0.384. The summed E-state index contributed by atoms with van der Waals surface area (Å²) in [6.07, 6.45) is 0. The summed E-state index contributed by atoms with van der Waals surface area (Å²) in [7, 11) is -3.35. The zero-order chi connectivity index (χ0) is 20.9. The van der Waals surface area contributed by atoms with Gasteiger partial charge in [0.15, 0.2) is 0 Å². The number of nitrogens with one attached hydrogen (secondary N) is 1. The van der Waals surface area contributed by atoms with Crippen LogP contribution in [0, 0.1) is 10.1 Å². The molecule has 0 bridgehead atoms. The Morgan fingerprint density at radius 3 is 2.36 bits per heavy atom. The molecule has 2 aromatic carbocycles. The van der Waals surface area contributed by atoms with Gasteiger partial charge in [-0.05, 0) is 24.3 Å². The third-order valence-corrected chi connectivity index (χ3v) is 4.23. The summed E-state index contributed by atoms with van der Waals surface area (Å²) in [6.45, 7) is 0. The van der Waals surface area contributed by atoms with Gasteiger partial charge in [-0.1, -0.05) is 12.1 Å². The minimum absolute atomic E-state index is 0.151. The van der Waals surface area contributed by atoms with Crippen LogP contribution in [0.3, 0.4) is 0 Å². The van der Waals surface area contributed by atoms with Crippen LogP contribution in [-0.4, -0.2) is 42.5 Å². The van der Waals surface area contributed by atoms with E-state index in [1.54, 1.807) is 0 Å². The van der Waals surface area contributed by atoms with Gasteiger partial charge >= 0.3 is 5.97 Å². The van der Waals surface area contributed by atoms with E-state index in [-0.39, 0.29) is 21.8 Å². The highest BCUT2D eigenvalue weighted by atomic mass is 32.2. The Hall–Kier alpha value is -3.64. The molecule has 12 heteroatoms. The van der Waals surface area contributed by atoms with Crippen LogP contribution in [0.5, 0.6) is 0 Å². The van der Waals surface area contributed by atoms with Crippen molar-refractivity contribution in [2.75, 3.05) is 12.5 Å². The Balaban J connectivity index is 2.33. The second-order valence-corrected chi connectivity index (χ2v) is 6.62. The molecule has 2 rings (SSSR count). The van der Waals surface area contributed by atoms with Gasteiger partial charge in [-0.2, -0.15) is 13.5 Å². The van der Waals surface area contributed by atoms with E-state index in [0.29, 0.717) is 0 Å². The number of nitro benzene ring substituents is 1. The molecule has 0 heterocycles. The molecule has 11 nitrogen and oxygen atoms in total. The third kappa shape index (κ3) is 4.96. The Kier molecular flexibility index (Phi) is 6.18. The number of hydrogen-bond donors (Lipinski definition) is 2. The van der Waals surface area contributed by atoms with Crippen LogP contribution in [0.15, 0.2) is 58.5 Å². The SMILES string of the molecule is COC(=O)/C(=N\Nc1ccc(S(=O)(=O)O)cc1)C(=O)c1cccc([N+](=O)[O-])c1. The molecule has 2 aromatic rings. The van der Waals surface area contributed by atoms with Gasteiger partial charge in [0.1, 0.15) is 0 Å². The fourth-order valence-electron chi connectivity index (χ4n) is 2.01. The lowest BCUT2D eigenvalue weighted by Gasteiger charge is -2.06. The van der Waals surface area contributed by atoms with Gasteiger partial charge in [0.2, 0.25) is 11.5 Å². The lowest BCUT2D eigenvalue weighted by Crippen LogP contribution is -2.27. The first-order valence-electron chi connectivity index (χ1n) is 7.42. The van der Waals surface area contributed by atoms with Gasteiger partial charge in [0.05, 0.1) is 22.6 Å². The average molecular weight is 407 g/mol. The fraction of sp³-hybridized carbons (Fsp3) is 0.0625. The minimum Gasteiger partial charge on any atom is -0.464 e. The molecule has 0 aliphatic rings. The van der Waals surface area contributed by atoms with Crippen LogP contribution in [0.4, 0.5) is 11.4 Å². The number of hydrogen-bond acceptors (Lipinski definition) is 9. The number of hydrazone groups is 1. The summed E-state index contributed by atoms with van der Waals surface area (Å²) in [6, 6.07) is 9.35. The molecule has 0 unspecified atom stereocenters. The first-order valence-corrected chi connectivity index (χ1v) is 8.86. The van der Waals surface area contributed by atoms with Crippen LogP contribution in [0.2, 0.25) is 0 Å². The van der Waals surface area contributed by atoms with E-state index in [1.165, 1.54) is 30.3 Å². The Bertz CT molecular complexity index is 1060. The molecule has 0 spiro atoms. The lowest BCUT2D eigenvalue weighted by atomic mass is 10.1. The molecule has 2 N–H and O–H groups in total. The molecule has 0 fully saturated rings. The maximum Gasteiger partial charge on any atom is 0.362 e. The number of nitrogens with zero attached hydrogens (tertiary/aromatic N) is 2. The van der Waals surface area contributed by atoms with Crippen LogP contribution in [0.25, 0.3) is 0 Å². The first-order chi connectivity index (χ1) is 13.1. The highest BCUT2D eigenvalue weighted by Crippen LogP contribution is 2.16. The van der Waals surface area contributed by atoms with Crippen molar-refractivity contribution >= 4 is 39.0 Å². The molecular formula is C16H13N3O8S. The molecular weight excluding hydrogens is 394 g/mol. The Morgan fingerprint density at radius 2 is 1.82 bits per heavy atom. The summed E-state index contributed by atoms with van der Waals surface area (Å²) >= 11 is 0. The summed E-state index contributed by atoms with van der Waals surface area (Å²) in [5, 5.41) is 14.5. The van der Waals surface area contributed by atoms with Crippen molar-refractivity contribution in [1.82, 2.24) is 0 Å². The van der Waals surface area contributed by atoms with Crippen molar-refractivity contribution in [3.8, 4) is 0 Å². The number of rotatable bonds is 7. The van der Waals surface area contributed by atoms with E-state index < -0.39 is 32.5 Å². The van der Waals surface area contributed by atoms with Gasteiger partial charge < -0.3 is 4.74 Å². The number of anilines is 1. The molecule has 0 aliphatic carbocycles. The van der Waals surface area contributed by atoms with Crippen molar-refractivity contribution in [1.29, 1.82) is 0 Å². The normalized spacial score (nSPS) is 11.6. The number of methoxy groups -OCH3 is 1. The molecule has 146 valence electrons. The number of ether oxygens (including phenoxy) is 1. The number of esters is 1. The standard InChI is InChI=1S/C16H13N3O8S/c1-27-16(21)14(15(20)10-3-2-4-12(9-10)19(22)23)18-17-11-5-7-13(8-6-11)28(24,25)26/h2-9,17H,1H3,(H,24,25,26)/b18-14-. The third-order valence-electron chi connectivity index (χ3n) is 3.36. The summed E-state index contributed by atoms with van der Waals surface area (Å²) in [5.41, 5.74) is 1.40. The Morgan fingerprint density at radius 1 is 1.18 bits per heavy atom. The van der Waals surface area contributed by atoms with Gasteiger partial charge in [0, 0.05) is 17.7 Å². The van der Waals surface area contributed by atoms with Crippen molar-refractivity contribution < 1.29 is 32.2 Å². The van der Waals surface area contributed by atoms with Crippen LogP contribution < -0.4 is 5.43 Å². The number of carbonyl (C=O) groups is 2. The van der Waals surface area contributed by atoms with Crippen LogP contribution in [0.1, 0.15) is 10.4 Å².